The van der Waals surface area contributed by atoms with Crippen molar-refractivity contribution in [2.45, 2.75) is 77.6 Å². The normalized spacial score (nSPS) is 10.5. The maximum absolute atomic E-state index is 10.3. The van der Waals surface area contributed by atoms with Crippen molar-refractivity contribution in [1.29, 1.82) is 0 Å². The van der Waals surface area contributed by atoms with Gasteiger partial charge in [0.25, 0.3) is 0 Å². The Bertz CT molecular complexity index is 143. The first-order valence-corrected chi connectivity index (χ1v) is 6.51. The molecule has 0 bridgehead atoms. The number of rotatable bonds is 11. The van der Waals surface area contributed by atoms with Gasteiger partial charge in [0.05, 0.1) is 0 Å². The highest BCUT2D eigenvalue weighted by molar-refractivity contribution is 5.66. The van der Waals surface area contributed by atoms with Crippen LogP contribution in [0.5, 0.6) is 0 Å². The zero-order valence-electron chi connectivity index (χ0n) is 10.2. The van der Waals surface area contributed by atoms with E-state index >= 15 is 0 Å². The molecule has 0 aromatic rings. The summed E-state index contributed by atoms with van der Waals surface area (Å²) >= 11 is 0. The molecule has 0 aromatic carbocycles. The Hall–Kier alpha value is -0.530. The minimum absolute atomic E-state index is 0.408. The van der Waals surface area contributed by atoms with Crippen LogP contribution in [0.2, 0.25) is 0 Å². The third-order valence-electron chi connectivity index (χ3n) is 2.76. The van der Waals surface area contributed by atoms with Gasteiger partial charge in [-0.1, -0.05) is 64.7 Å². The van der Waals surface area contributed by atoms with Gasteiger partial charge in [0, 0.05) is 4.79 Å². The highest BCUT2D eigenvalue weighted by Gasteiger charge is 2.03. The van der Waals surface area contributed by atoms with Crippen LogP contribution in [-0.4, -0.2) is 11.1 Å². The topological polar surface area (TPSA) is 40.0 Å². The lowest BCUT2D eigenvalue weighted by Gasteiger charge is -2.00. The molecule has 0 radical (unpaired) electrons. The van der Waals surface area contributed by atoms with Crippen molar-refractivity contribution in [3.05, 3.63) is 0 Å². The van der Waals surface area contributed by atoms with Gasteiger partial charge in [-0.3, -0.25) is 0 Å². The van der Waals surface area contributed by atoms with E-state index in [4.69, 9.17) is 5.11 Å². The second kappa shape index (κ2) is 11.5. The van der Waals surface area contributed by atoms with E-state index < -0.39 is 5.97 Å². The van der Waals surface area contributed by atoms with E-state index in [1.165, 1.54) is 51.4 Å². The summed E-state index contributed by atoms with van der Waals surface area (Å²) in [6, 6.07) is 0. The van der Waals surface area contributed by atoms with E-state index in [0.717, 1.165) is 12.8 Å². The number of hydrogen-bond donors (Lipinski definition) is 0. The Morgan fingerprint density at radius 3 is 1.60 bits per heavy atom. The van der Waals surface area contributed by atoms with Crippen molar-refractivity contribution >= 4 is 5.97 Å². The minimum Gasteiger partial charge on any atom is -0.565 e. The smallest absolute Gasteiger partial charge is 0.515 e. The van der Waals surface area contributed by atoms with Crippen LogP contribution >= 0.6 is 0 Å². The Kier molecular flexibility index (Phi) is 11.1. The molecule has 0 saturated carbocycles. The molecule has 0 aliphatic carbocycles. The van der Waals surface area contributed by atoms with Crippen molar-refractivity contribution in [2.75, 3.05) is 0 Å². The first kappa shape index (κ1) is 14.5. The molecule has 0 atom stereocenters. The third-order valence-corrected chi connectivity index (χ3v) is 2.76. The lowest BCUT2D eigenvalue weighted by atomic mass is 10.1. The molecule has 2 nitrogen and oxygen atoms in total. The monoisotopic (exact) mass is 215 g/mol. The Morgan fingerprint density at radius 2 is 1.20 bits per heavy atom. The Labute approximate surface area is 94.1 Å². The molecule has 0 unspecified atom stereocenters. The van der Waals surface area contributed by atoms with E-state index in [1.807, 2.05) is 0 Å². The van der Waals surface area contributed by atoms with Gasteiger partial charge in [-0.05, 0) is 6.42 Å². The van der Waals surface area contributed by atoms with Crippen LogP contribution in [0, 0.1) is 0 Å². The molecule has 0 aromatic heterocycles. The molecule has 0 rings (SSSR count). The van der Waals surface area contributed by atoms with Crippen molar-refractivity contribution in [2.24, 2.45) is 0 Å². The Balaban J connectivity index is 2.89. The van der Waals surface area contributed by atoms with E-state index in [0.29, 0.717) is 6.42 Å². The quantitative estimate of drug-likeness (QED) is 0.384. The summed E-state index contributed by atoms with van der Waals surface area (Å²) in [5.41, 5.74) is 0. The van der Waals surface area contributed by atoms with Gasteiger partial charge in [0.15, 0.2) is 0 Å². The molecule has 0 aliphatic rings. The number of carbonyl (C=O) groups excluding carboxylic acids is 1. The highest BCUT2D eigenvalue weighted by Crippen LogP contribution is 2.10. The van der Waals surface area contributed by atoms with Crippen LogP contribution in [0.4, 0.5) is 0 Å². The average molecular weight is 215 g/mol. The summed E-state index contributed by atoms with van der Waals surface area (Å²) in [5, 5.41) is 6.75. The van der Waals surface area contributed by atoms with E-state index in [9.17, 15) is 4.79 Å². The molecular weight excluding hydrogens is 188 g/mol. The fourth-order valence-electron chi connectivity index (χ4n) is 1.77. The maximum Gasteiger partial charge on any atom is 0.515 e. The van der Waals surface area contributed by atoms with E-state index in [2.05, 4.69) is 6.92 Å². The third kappa shape index (κ3) is 13.5. The summed E-state index contributed by atoms with van der Waals surface area (Å²) in [7, 11) is 0. The van der Waals surface area contributed by atoms with Gasteiger partial charge < -0.3 is 5.11 Å². The predicted octanol–water partition coefficient (Wildman–Crippen LogP) is 3.55. The fourth-order valence-corrected chi connectivity index (χ4v) is 1.77. The van der Waals surface area contributed by atoms with Crippen molar-refractivity contribution in [3.8, 4) is 0 Å². The van der Waals surface area contributed by atoms with Gasteiger partial charge >= 0.3 is 5.97 Å². The minimum atomic E-state index is -0.408. The summed E-state index contributed by atoms with van der Waals surface area (Å²) in [4.78, 5) is 10.3. The van der Waals surface area contributed by atoms with Crippen LogP contribution < -0.4 is 0 Å². The standard InChI is InChI=1S/C13H26O2/c1-2-3-4-5-6-7-8-9-10-11-12-13(14)15/h2-12H2,1H3,(H,14,15)/p+1. The molecule has 15 heavy (non-hydrogen) atoms. The molecule has 90 valence electrons. The lowest BCUT2D eigenvalue weighted by Crippen LogP contribution is -1.93. The van der Waals surface area contributed by atoms with E-state index in [-0.39, 0.29) is 0 Å². The predicted molar refractivity (Wildman–Crippen MR) is 65.1 cm³/mol. The van der Waals surface area contributed by atoms with Crippen molar-refractivity contribution < 1.29 is 9.90 Å². The molecular formula is C13H27O2+. The lowest BCUT2D eigenvalue weighted by molar-refractivity contribution is -0.137. The first-order valence-electron chi connectivity index (χ1n) is 6.51. The number of hydrogen-bond acceptors (Lipinski definition) is 1. The number of unbranched alkanes of at least 4 members (excludes halogenated alkanes) is 9. The van der Waals surface area contributed by atoms with Gasteiger partial charge in [0.1, 0.15) is 6.42 Å². The summed E-state index contributed by atoms with van der Waals surface area (Å²) in [6.07, 6.45) is 13.2. The zero-order valence-corrected chi connectivity index (χ0v) is 10.2. The highest BCUT2D eigenvalue weighted by atomic mass is 16.4. The SMILES string of the molecule is CCCCCCCCCCCCC(=O)[OH2+]. The Morgan fingerprint density at radius 1 is 0.800 bits per heavy atom. The maximum atomic E-state index is 10.3. The van der Waals surface area contributed by atoms with Crippen LogP contribution in [-0.2, 0) is 4.79 Å². The second-order valence-corrected chi connectivity index (χ2v) is 4.36. The molecule has 2 N–H and O–H groups in total. The van der Waals surface area contributed by atoms with Gasteiger partial charge in [-0.25, -0.2) is 0 Å². The molecule has 0 saturated heterocycles. The number of carbonyl (C=O) groups is 1. The zero-order chi connectivity index (χ0) is 11.4. The van der Waals surface area contributed by atoms with Gasteiger partial charge in [-0.15, -0.1) is 0 Å². The van der Waals surface area contributed by atoms with Crippen molar-refractivity contribution in [1.82, 2.24) is 0 Å². The first-order chi connectivity index (χ1) is 7.27. The fraction of sp³-hybridized carbons (Fsp3) is 0.923. The summed E-state index contributed by atoms with van der Waals surface area (Å²) in [6.45, 7) is 2.24. The van der Waals surface area contributed by atoms with Gasteiger partial charge in [-0.2, -0.15) is 0 Å². The second-order valence-electron chi connectivity index (χ2n) is 4.36. The molecule has 0 fully saturated rings. The average Bonchev–Trinajstić information content (AvgIpc) is 2.20. The van der Waals surface area contributed by atoms with Crippen molar-refractivity contribution in [3.63, 3.8) is 0 Å². The molecule has 0 amide bonds. The molecule has 0 aliphatic heterocycles. The van der Waals surface area contributed by atoms with E-state index in [1.54, 1.807) is 0 Å². The van der Waals surface area contributed by atoms with Crippen LogP contribution in [0.1, 0.15) is 77.6 Å². The largest absolute Gasteiger partial charge is 0.565 e. The summed E-state index contributed by atoms with van der Waals surface area (Å²) < 4.78 is 0. The van der Waals surface area contributed by atoms with Crippen LogP contribution in [0.25, 0.3) is 0 Å². The molecule has 0 spiro atoms. The molecule has 0 heterocycles. The van der Waals surface area contributed by atoms with Crippen LogP contribution in [0.3, 0.4) is 0 Å². The van der Waals surface area contributed by atoms with Crippen LogP contribution in [0.15, 0.2) is 0 Å². The van der Waals surface area contributed by atoms with Gasteiger partial charge in [0.2, 0.25) is 0 Å². The molecule has 2 heteroatoms. The summed E-state index contributed by atoms with van der Waals surface area (Å²) in [5.74, 6) is -0.408.